The Morgan fingerprint density at radius 2 is 2.20 bits per heavy atom. The zero-order valence-corrected chi connectivity index (χ0v) is 5.41. The van der Waals surface area contributed by atoms with Crippen molar-refractivity contribution in [2.75, 3.05) is 0 Å². The maximum atomic E-state index is 10.1. The summed E-state index contributed by atoms with van der Waals surface area (Å²) in [5, 5.41) is 8.27. The van der Waals surface area contributed by atoms with Gasteiger partial charge in [-0.3, -0.25) is 4.79 Å². The number of hydrogen-bond acceptors (Lipinski definition) is 2. The summed E-state index contributed by atoms with van der Waals surface area (Å²) in [5.74, 6) is -1.20. The van der Waals surface area contributed by atoms with Gasteiger partial charge in [-0.15, -0.1) is 6.58 Å². The molecule has 3 heteroatoms. The van der Waals surface area contributed by atoms with Crippen molar-refractivity contribution in [3.05, 3.63) is 24.3 Å². The summed E-state index contributed by atoms with van der Waals surface area (Å²) in [6.45, 7) is 3.37. The van der Waals surface area contributed by atoms with Crippen molar-refractivity contribution >= 4 is 12.3 Å². The third-order valence-electron chi connectivity index (χ3n) is 0.878. The first kappa shape index (κ1) is 8.62. The fraction of sp³-hybridized carbons (Fsp3) is 0.143. The second-order valence-corrected chi connectivity index (χ2v) is 1.61. The van der Waals surface area contributed by atoms with Crippen LogP contribution in [0.3, 0.4) is 0 Å². The Balaban J connectivity index is 4.17. The molecular formula is C7H8O3. The highest BCUT2D eigenvalue weighted by Gasteiger charge is 2.02. The summed E-state index contributed by atoms with van der Waals surface area (Å²) in [5.41, 5.74) is -0.222. The summed E-state index contributed by atoms with van der Waals surface area (Å²) < 4.78 is 0. The van der Waals surface area contributed by atoms with E-state index >= 15 is 0 Å². The standard InChI is InChI=1S/C7H8O3/c1-2-3-4-6(5-8)7(9)10/h2,4-5H,1,3H2,(H,9,10). The number of carboxylic acids is 1. The minimum Gasteiger partial charge on any atom is -0.478 e. The van der Waals surface area contributed by atoms with Gasteiger partial charge in [-0.2, -0.15) is 0 Å². The number of carboxylic acid groups (broad SMARTS) is 1. The van der Waals surface area contributed by atoms with Crippen LogP contribution < -0.4 is 0 Å². The summed E-state index contributed by atoms with van der Waals surface area (Å²) >= 11 is 0. The van der Waals surface area contributed by atoms with Crippen molar-refractivity contribution < 1.29 is 14.7 Å². The molecule has 0 amide bonds. The molecule has 0 saturated heterocycles. The Morgan fingerprint density at radius 1 is 1.60 bits per heavy atom. The Hall–Kier alpha value is -1.38. The lowest BCUT2D eigenvalue weighted by Crippen LogP contribution is -2.00. The van der Waals surface area contributed by atoms with Gasteiger partial charge in [0.1, 0.15) is 0 Å². The molecule has 0 atom stereocenters. The molecule has 3 nitrogen and oxygen atoms in total. The molecule has 0 aromatic rings. The van der Waals surface area contributed by atoms with Crippen LogP contribution in [-0.4, -0.2) is 17.4 Å². The van der Waals surface area contributed by atoms with E-state index < -0.39 is 5.97 Å². The van der Waals surface area contributed by atoms with Crippen molar-refractivity contribution in [1.82, 2.24) is 0 Å². The van der Waals surface area contributed by atoms with E-state index in [9.17, 15) is 9.59 Å². The van der Waals surface area contributed by atoms with E-state index in [1.165, 1.54) is 12.2 Å². The molecule has 0 saturated carbocycles. The first-order valence-electron chi connectivity index (χ1n) is 2.72. The van der Waals surface area contributed by atoms with Crippen LogP contribution in [0.1, 0.15) is 6.42 Å². The van der Waals surface area contributed by atoms with Gasteiger partial charge in [0.15, 0.2) is 6.29 Å². The summed E-state index contributed by atoms with van der Waals surface area (Å²) in [7, 11) is 0. The number of hydrogen-bond donors (Lipinski definition) is 1. The van der Waals surface area contributed by atoms with E-state index in [0.29, 0.717) is 12.7 Å². The molecule has 1 N–H and O–H groups in total. The van der Waals surface area contributed by atoms with Gasteiger partial charge in [-0.25, -0.2) is 4.79 Å². The molecule has 0 aromatic heterocycles. The molecule has 54 valence electrons. The van der Waals surface area contributed by atoms with E-state index in [4.69, 9.17) is 5.11 Å². The third-order valence-corrected chi connectivity index (χ3v) is 0.878. The van der Waals surface area contributed by atoms with Crippen molar-refractivity contribution in [1.29, 1.82) is 0 Å². The largest absolute Gasteiger partial charge is 0.478 e. The van der Waals surface area contributed by atoms with Gasteiger partial charge in [0.2, 0.25) is 0 Å². The Morgan fingerprint density at radius 3 is 2.50 bits per heavy atom. The zero-order chi connectivity index (χ0) is 7.98. The second-order valence-electron chi connectivity index (χ2n) is 1.61. The van der Waals surface area contributed by atoms with Crippen molar-refractivity contribution in [2.24, 2.45) is 0 Å². The fourth-order valence-electron chi connectivity index (χ4n) is 0.396. The van der Waals surface area contributed by atoms with Gasteiger partial charge in [0, 0.05) is 0 Å². The maximum absolute atomic E-state index is 10.1. The molecule has 0 bridgehead atoms. The molecule has 0 aliphatic heterocycles. The van der Waals surface area contributed by atoms with E-state index in [-0.39, 0.29) is 5.57 Å². The van der Waals surface area contributed by atoms with Gasteiger partial charge in [0.25, 0.3) is 0 Å². The van der Waals surface area contributed by atoms with Crippen molar-refractivity contribution in [2.45, 2.75) is 6.42 Å². The average Bonchev–Trinajstić information content (AvgIpc) is 1.89. The fourth-order valence-corrected chi connectivity index (χ4v) is 0.396. The second kappa shape index (κ2) is 4.49. The first-order valence-corrected chi connectivity index (χ1v) is 2.72. The Labute approximate surface area is 58.7 Å². The van der Waals surface area contributed by atoms with Crippen LogP contribution in [0.2, 0.25) is 0 Å². The third kappa shape index (κ3) is 2.81. The molecule has 0 aliphatic rings. The summed E-state index contributed by atoms with van der Waals surface area (Å²) in [6.07, 6.45) is 3.54. The highest BCUT2D eigenvalue weighted by Crippen LogP contribution is 1.92. The lowest BCUT2D eigenvalue weighted by Gasteiger charge is -1.86. The van der Waals surface area contributed by atoms with Crippen LogP contribution in [0.15, 0.2) is 24.3 Å². The van der Waals surface area contributed by atoms with E-state index in [1.807, 2.05) is 0 Å². The quantitative estimate of drug-likeness (QED) is 0.206. The monoisotopic (exact) mass is 140 g/mol. The lowest BCUT2D eigenvalue weighted by molar-refractivity contribution is -0.133. The van der Waals surface area contributed by atoms with Crippen molar-refractivity contribution in [3.8, 4) is 0 Å². The molecule has 0 aliphatic carbocycles. The van der Waals surface area contributed by atoms with E-state index in [2.05, 4.69) is 6.58 Å². The van der Waals surface area contributed by atoms with Crippen molar-refractivity contribution in [3.63, 3.8) is 0 Å². The lowest BCUT2D eigenvalue weighted by atomic mass is 10.2. The normalized spacial score (nSPS) is 10.6. The molecule has 0 unspecified atom stereocenters. The predicted molar refractivity (Wildman–Crippen MR) is 36.6 cm³/mol. The van der Waals surface area contributed by atoms with Crippen LogP contribution in [0.5, 0.6) is 0 Å². The highest BCUT2D eigenvalue weighted by atomic mass is 16.4. The molecule has 10 heavy (non-hydrogen) atoms. The smallest absolute Gasteiger partial charge is 0.338 e. The maximum Gasteiger partial charge on any atom is 0.338 e. The van der Waals surface area contributed by atoms with Crippen LogP contribution in [0.4, 0.5) is 0 Å². The minimum absolute atomic E-state index is 0.222. The molecule has 0 radical (unpaired) electrons. The number of aldehydes is 1. The van der Waals surface area contributed by atoms with Gasteiger partial charge >= 0.3 is 5.97 Å². The molecular weight excluding hydrogens is 132 g/mol. The molecule has 0 heterocycles. The van der Waals surface area contributed by atoms with Gasteiger partial charge < -0.3 is 5.11 Å². The molecule has 0 spiro atoms. The Kier molecular flexibility index (Phi) is 3.87. The topological polar surface area (TPSA) is 54.4 Å². The van der Waals surface area contributed by atoms with Gasteiger partial charge in [0.05, 0.1) is 5.57 Å². The number of allylic oxidation sites excluding steroid dienone is 2. The first-order chi connectivity index (χ1) is 4.72. The molecule has 0 aromatic carbocycles. The predicted octanol–water partition coefficient (Wildman–Crippen LogP) is 0.772. The minimum atomic E-state index is -1.20. The number of rotatable bonds is 4. The van der Waals surface area contributed by atoms with E-state index in [1.54, 1.807) is 0 Å². The highest BCUT2D eigenvalue weighted by molar-refractivity contribution is 6.06. The summed E-state index contributed by atoms with van der Waals surface area (Å²) in [4.78, 5) is 20.1. The van der Waals surface area contributed by atoms with Crippen LogP contribution >= 0.6 is 0 Å². The van der Waals surface area contributed by atoms with Gasteiger partial charge in [-0.05, 0) is 6.42 Å². The summed E-state index contributed by atoms with van der Waals surface area (Å²) in [6, 6.07) is 0. The zero-order valence-electron chi connectivity index (χ0n) is 5.41. The molecule has 0 rings (SSSR count). The molecule has 0 fully saturated rings. The number of aliphatic carboxylic acids is 1. The van der Waals surface area contributed by atoms with Crippen LogP contribution in [0, 0.1) is 0 Å². The Bertz CT molecular complexity index is 179. The number of carbonyl (C=O) groups excluding carboxylic acids is 1. The van der Waals surface area contributed by atoms with E-state index in [0.717, 1.165) is 0 Å². The van der Waals surface area contributed by atoms with Gasteiger partial charge in [-0.1, -0.05) is 12.2 Å². The van der Waals surface area contributed by atoms with Crippen LogP contribution in [0.25, 0.3) is 0 Å². The van der Waals surface area contributed by atoms with Crippen LogP contribution in [-0.2, 0) is 9.59 Å². The SMILES string of the molecule is C=CCC=C(C=O)C(=O)O. The number of carbonyl (C=O) groups is 2. The average molecular weight is 140 g/mol.